The van der Waals surface area contributed by atoms with Crippen molar-refractivity contribution in [2.45, 2.75) is 20.8 Å². The number of hydrogen-bond donors (Lipinski definition) is 2. The first kappa shape index (κ1) is 14.5. The van der Waals surface area contributed by atoms with Crippen molar-refractivity contribution >= 4 is 28.6 Å². The fourth-order valence-electron chi connectivity index (χ4n) is 2.31. The van der Waals surface area contributed by atoms with E-state index in [9.17, 15) is 4.39 Å². The Labute approximate surface area is 123 Å². The van der Waals surface area contributed by atoms with Gasteiger partial charge < -0.3 is 11.1 Å². The minimum absolute atomic E-state index is 0.0664. The van der Waals surface area contributed by atoms with Crippen LogP contribution in [0.25, 0.3) is 0 Å². The molecule has 0 unspecified atom stereocenters. The summed E-state index contributed by atoms with van der Waals surface area (Å²) in [6.45, 7) is 6.12. The Morgan fingerprint density at radius 2 is 1.70 bits per heavy atom. The lowest BCUT2D eigenvalue weighted by Gasteiger charge is -2.14. The van der Waals surface area contributed by atoms with Gasteiger partial charge in [0.1, 0.15) is 10.8 Å². The zero-order valence-electron chi connectivity index (χ0n) is 11.8. The Balaban J connectivity index is 2.36. The molecule has 2 nitrogen and oxygen atoms in total. The van der Waals surface area contributed by atoms with Gasteiger partial charge in [-0.25, -0.2) is 4.39 Å². The van der Waals surface area contributed by atoms with Crippen LogP contribution in [0.1, 0.15) is 22.3 Å². The standard InChI is InChI=1S/C16H17FN2S/c1-9-6-10(2)15(11(3)7-9)19-12-4-5-13(16(18)20)14(17)8-12/h4-8,19H,1-3H3,(H2,18,20). The van der Waals surface area contributed by atoms with Gasteiger partial charge >= 0.3 is 0 Å². The summed E-state index contributed by atoms with van der Waals surface area (Å²) in [5.41, 5.74) is 10.9. The molecule has 4 heteroatoms. The molecule has 2 aromatic carbocycles. The molecule has 0 saturated heterocycles. The third kappa shape index (κ3) is 2.96. The normalized spacial score (nSPS) is 10.4. The van der Waals surface area contributed by atoms with Gasteiger partial charge in [0.2, 0.25) is 0 Å². The van der Waals surface area contributed by atoms with Gasteiger partial charge in [-0.1, -0.05) is 29.9 Å². The summed E-state index contributed by atoms with van der Waals surface area (Å²) in [6.07, 6.45) is 0. The highest BCUT2D eigenvalue weighted by Gasteiger charge is 2.08. The van der Waals surface area contributed by atoms with Crippen molar-refractivity contribution in [1.82, 2.24) is 0 Å². The van der Waals surface area contributed by atoms with Crippen molar-refractivity contribution in [3.8, 4) is 0 Å². The maximum atomic E-state index is 13.9. The number of halogens is 1. The molecule has 3 N–H and O–H groups in total. The fourth-order valence-corrected chi connectivity index (χ4v) is 2.48. The Hall–Kier alpha value is -1.94. The number of rotatable bonds is 3. The predicted molar refractivity (Wildman–Crippen MR) is 86.2 cm³/mol. The van der Waals surface area contributed by atoms with Crippen LogP contribution in [0.4, 0.5) is 15.8 Å². The molecule has 2 rings (SSSR count). The fraction of sp³-hybridized carbons (Fsp3) is 0.188. The van der Waals surface area contributed by atoms with E-state index in [2.05, 4.69) is 24.4 Å². The molecule has 20 heavy (non-hydrogen) atoms. The van der Waals surface area contributed by atoms with E-state index in [1.807, 2.05) is 13.8 Å². The zero-order chi connectivity index (χ0) is 14.9. The van der Waals surface area contributed by atoms with E-state index in [0.29, 0.717) is 5.69 Å². The minimum atomic E-state index is -0.412. The van der Waals surface area contributed by atoms with Crippen LogP contribution in [0.5, 0.6) is 0 Å². The van der Waals surface area contributed by atoms with E-state index in [1.54, 1.807) is 12.1 Å². The van der Waals surface area contributed by atoms with Gasteiger partial charge in [0, 0.05) is 16.9 Å². The van der Waals surface area contributed by atoms with Crippen LogP contribution in [0, 0.1) is 26.6 Å². The van der Waals surface area contributed by atoms with Crippen molar-refractivity contribution in [2.75, 3.05) is 5.32 Å². The summed E-state index contributed by atoms with van der Waals surface area (Å²) >= 11 is 4.80. The molecule has 0 bridgehead atoms. The topological polar surface area (TPSA) is 38.0 Å². The molecule has 0 aliphatic heterocycles. The summed E-state index contributed by atoms with van der Waals surface area (Å²) in [4.78, 5) is 0.0664. The van der Waals surface area contributed by atoms with Crippen molar-refractivity contribution in [2.24, 2.45) is 5.73 Å². The van der Waals surface area contributed by atoms with Crippen molar-refractivity contribution in [3.05, 3.63) is 58.4 Å². The molecular weight excluding hydrogens is 271 g/mol. The highest BCUT2D eigenvalue weighted by Crippen LogP contribution is 2.26. The molecule has 0 aliphatic rings. The summed E-state index contributed by atoms with van der Waals surface area (Å²) in [5.74, 6) is -0.412. The van der Waals surface area contributed by atoms with Gasteiger partial charge in [-0.3, -0.25) is 0 Å². The van der Waals surface area contributed by atoms with Gasteiger partial charge in [-0.15, -0.1) is 0 Å². The molecule has 0 aliphatic carbocycles. The molecule has 0 spiro atoms. The van der Waals surface area contributed by atoms with E-state index < -0.39 is 5.82 Å². The Kier molecular flexibility index (Phi) is 4.04. The number of nitrogens with one attached hydrogen (secondary N) is 1. The number of anilines is 2. The summed E-state index contributed by atoms with van der Waals surface area (Å²) in [6, 6.07) is 8.96. The van der Waals surface area contributed by atoms with Gasteiger partial charge in [0.25, 0.3) is 0 Å². The number of nitrogens with two attached hydrogens (primary N) is 1. The minimum Gasteiger partial charge on any atom is -0.389 e. The van der Waals surface area contributed by atoms with Crippen LogP contribution in [0.2, 0.25) is 0 Å². The van der Waals surface area contributed by atoms with Crippen molar-refractivity contribution < 1.29 is 4.39 Å². The maximum absolute atomic E-state index is 13.9. The number of hydrogen-bond acceptors (Lipinski definition) is 2. The van der Waals surface area contributed by atoms with Crippen LogP contribution in [-0.2, 0) is 0 Å². The quantitative estimate of drug-likeness (QED) is 0.834. The molecule has 2 aromatic rings. The van der Waals surface area contributed by atoms with E-state index in [4.69, 9.17) is 18.0 Å². The van der Waals surface area contributed by atoms with Crippen LogP contribution < -0.4 is 11.1 Å². The van der Waals surface area contributed by atoms with Crippen molar-refractivity contribution in [3.63, 3.8) is 0 Å². The van der Waals surface area contributed by atoms with Crippen LogP contribution >= 0.6 is 12.2 Å². The van der Waals surface area contributed by atoms with Gasteiger partial charge in [-0.05, 0) is 50.1 Å². The summed E-state index contributed by atoms with van der Waals surface area (Å²) in [5, 5.41) is 3.25. The average molecular weight is 288 g/mol. The highest BCUT2D eigenvalue weighted by atomic mass is 32.1. The number of benzene rings is 2. The van der Waals surface area contributed by atoms with Gasteiger partial charge in [0.15, 0.2) is 0 Å². The largest absolute Gasteiger partial charge is 0.389 e. The lowest BCUT2D eigenvalue weighted by molar-refractivity contribution is 0.626. The molecule has 0 heterocycles. The van der Waals surface area contributed by atoms with Gasteiger partial charge in [0.05, 0.1) is 0 Å². The first-order valence-corrected chi connectivity index (χ1v) is 6.73. The van der Waals surface area contributed by atoms with E-state index in [1.165, 1.54) is 11.6 Å². The summed E-state index contributed by atoms with van der Waals surface area (Å²) < 4.78 is 13.9. The van der Waals surface area contributed by atoms with E-state index >= 15 is 0 Å². The van der Waals surface area contributed by atoms with Crippen LogP contribution in [-0.4, -0.2) is 4.99 Å². The van der Waals surface area contributed by atoms with Crippen molar-refractivity contribution in [1.29, 1.82) is 0 Å². The Bertz CT molecular complexity index is 657. The monoisotopic (exact) mass is 288 g/mol. The molecule has 0 saturated carbocycles. The lowest BCUT2D eigenvalue weighted by atomic mass is 10.0. The molecule has 0 atom stereocenters. The SMILES string of the molecule is Cc1cc(C)c(Nc2ccc(C(N)=S)c(F)c2)c(C)c1. The first-order valence-electron chi connectivity index (χ1n) is 6.32. The predicted octanol–water partition coefficient (Wildman–Crippen LogP) is 4.13. The molecule has 104 valence electrons. The number of aryl methyl sites for hydroxylation is 3. The number of thiocarbonyl (C=S) groups is 1. The van der Waals surface area contributed by atoms with E-state index in [0.717, 1.165) is 16.8 Å². The highest BCUT2D eigenvalue weighted by molar-refractivity contribution is 7.80. The third-order valence-electron chi connectivity index (χ3n) is 3.18. The van der Waals surface area contributed by atoms with Crippen LogP contribution in [0.15, 0.2) is 30.3 Å². The third-order valence-corrected chi connectivity index (χ3v) is 3.40. The molecule has 0 fully saturated rings. The second-order valence-electron chi connectivity index (χ2n) is 4.96. The second-order valence-corrected chi connectivity index (χ2v) is 5.40. The lowest BCUT2D eigenvalue weighted by Crippen LogP contribution is -2.11. The molecule has 0 radical (unpaired) electrons. The maximum Gasteiger partial charge on any atom is 0.135 e. The average Bonchev–Trinajstić information content (AvgIpc) is 2.33. The Morgan fingerprint density at radius 3 is 2.20 bits per heavy atom. The van der Waals surface area contributed by atoms with E-state index in [-0.39, 0.29) is 10.6 Å². The smallest absolute Gasteiger partial charge is 0.135 e. The second kappa shape index (κ2) is 5.59. The molecular formula is C16H17FN2S. The van der Waals surface area contributed by atoms with Crippen LogP contribution in [0.3, 0.4) is 0 Å². The first-order chi connectivity index (χ1) is 9.38. The van der Waals surface area contributed by atoms with Gasteiger partial charge in [-0.2, -0.15) is 0 Å². The Morgan fingerprint density at radius 1 is 1.10 bits per heavy atom. The summed E-state index contributed by atoms with van der Waals surface area (Å²) in [7, 11) is 0. The molecule has 0 amide bonds. The molecule has 0 aromatic heterocycles. The zero-order valence-corrected chi connectivity index (χ0v) is 12.6.